The molecule has 0 unspecified atom stereocenters. The number of H-pyrrole nitrogens is 1. The average Bonchev–Trinajstić information content (AvgIpc) is 2.43. The molecule has 76 valence electrons. The van der Waals surface area contributed by atoms with Gasteiger partial charge in [-0.25, -0.2) is 0 Å². The van der Waals surface area contributed by atoms with Crippen molar-refractivity contribution in [3.63, 3.8) is 0 Å². The molecule has 1 aromatic heterocycles. The quantitative estimate of drug-likeness (QED) is 0.771. The van der Waals surface area contributed by atoms with Crippen LogP contribution in [0.3, 0.4) is 0 Å². The first-order valence-corrected chi connectivity index (χ1v) is 4.62. The third kappa shape index (κ3) is 2.25. The summed E-state index contributed by atoms with van der Waals surface area (Å²) in [7, 11) is 0. The lowest BCUT2D eigenvalue weighted by Gasteiger charge is -2.15. The predicted octanol–water partition coefficient (Wildman–Crippen LogP) is 1.39. The lowest BCUT2D eigenvalue weighted by atomic mass is 9.93. The second-order valence-electron chi connectivity index (χ2n) is 4.32. The SMILES string of the molecule is CC(C)(C)c1cc(=O)n(CCC#N)[nH]1. The van der Waals surface area contributed by atoms with Crippen LogP contribution in [-0.4, -0.2) is 9.78 Å². The monoisotopic (exact) mass is 193 g/mol. The van der Waals surface area contributed by atoms with E-state index in [2.05, 4.69) is 5.10 Å². The van der Waals surface area contributed by atoms with Crippen LogP contribution in [-0.2, 0) is 12.0 Å². The van der Waals surface area contributed by atoms with Gasteiger partial charge in [0, 0.05) is 17.2 Å². The average molecular weight is 193 g/mol. The first kappa shape index (κ1) is 10.6. The molecule has 1 aromatic rings. The van der Waals surface area contributed by atoms with Gasteiger partial charge >= 0.3 is 0 Å². The van der Waals surface area contributed by atoms with E-state index in [1.165, 1.54) is 4.68 Å². The zero-order chi connectivity index (χ0) is 10.8. The smallest absolute Gasteiger partial charge is 0.266 e. The molecule has 0 aliphatic heterocycles. The number of nitrogens with zero attached hydrogens (tertiary/aromatic N) is 2. The summed E-state index contributed by atoms with van der Waals surface area (Å²) in [5.41, 5.74) is 0.780. The highest BCUT2D eigenvalue weighted by atomic mass is 16.1. The number of nitriles is 1. The first-order chi connectivity index (χ1) is 6.45. The topological polar surface area (TPSA) is 61.6 Å². The lowest BCUT2D eigenvalue weighted by Crippen LogP contribution is -2.16. The van der Waals surface area contributed by atoms with E-state index in [4.69, 9.17) is 5.26 Å². The van der Waals surface area contributed by atoms with Gasteiger partial charge in [-0.2, -0.15) is 5.26 Å². The number of aromatic nitrogens is 2. The molecule has 0 aromatic carbocycles. The summed E-state index contributed by atoms with van der Waals surface area (Å²) in [6, 6.07) is 3.61. The summed E-state index contributed by atoms with van der Waals surface area (Å²) < 4.78 is 1.48. The summed E-state index contributed by atoms with van der Waals surface area (Å²) >= 11 is 0. The van der Waals surface area contributed by atoms with Gasteiger partial charge in [0.15, 0.2) is 0 Å². The van der Waals surface area contributed by atoms with Gasteiger partial charge < -0.3 is 0 Å². The van der Waals surface area contributed by atoms with Gasteiger partial charge in [-0.05, 0) is 0 Å². The number of aryl methyl sites for hydroxylation is 1. The fourth-order valence-corrected chi connectivity index (χ4v) is 1.15. The molecule has 1 N–H and O–H groups in total. The van der Waals surface area contributed by atoms with Gasteiger partial charge in [0.05, 0.1) is 19.0 Å². The normalized spacial score (nSPS) is 11.3. The summed E-state index contributed by atoms with van der Waals surface area (Å²) in [5, 5.41) is 11.4. The van der Waals surface area contributed by atoms with Gasteiger partial charge in [0.2, 0.25) is 0 Å². The number of hydrogen-bond acceptors (Lipinski definition) is 2. The molecule has 14 heavy (non-hydrogen) atoms. The zero-order valence-corrected chi connectivity index (χ0v) is 8.79. The Morgan fingerprint density at radius 3 is 2.64 bits per heavy atom. The highest BCUT2D eigenvalue weighted by Crippen LogP contribution is 2.17. The Labute approximate surface area is 83.1 Å². The van der Waals surface area contributed by atoms with Gasteiger partial charge in [-0.1, -0.05) is 20.8 Å². The van der Waals surface area contributed by atoms with Crippen molar-refractivity contribution in [2.45, 2.75) is 39.2 Å². The van der Waals surface area contributed by atoms with Crippen LogP contribution in [0.15, 0.2) is 10.9 Å². The molecule has 4 heteroatoms. The van der Waals surface area contributed by atoms with Crippen LogP contribution < -0.4 is 5.56 Å². The highest BCUT2D eigenvalue weighted by molar-refractivity contribution is 5.10. The van der Waals surface area contributed by atoms with Crippen LogP contribution in [0.5, 0.6) is 0 Å². The van der Waals surface area contributed by atoms with Crippen LogP contribution in [0.4, 0.5) is 0 Å². The Morgan fingerprint density at radius 1 is 1.57 bits per heavy atom. The van der Waals surface area contributed by atoms with Crippen molar-refractivity contribution >= 4 is 0 Å². The molecule has 1 rings (SSSR count). The largest absolute Gasteiger partial charge is 0.299 e. The number of rotatable bonds is 2. The van der Waals surface area contributed by atoms with Crippen molar-refractivity contribution in [2.75, 3.05) is 0 Å². The highest BCUT2D eigenvalue weighted by Gasteiger charge is 2.17. The van der Waals surface area contributed by atoms with Crippen LogP contribution in [0.2, 0.25) is 0 Å². The Bertz CT molecular complexity index is 400. The van der Waals surface area contributed by atoms with Crippen molar-refractivity contribution < 1.29 is 0 Å². The van der Waals surface area contributed by atoms with Gasteiger partial charge in [0.1, 0.15) is 0 Å². The van der Waals surface area contributed by atoms with Crippen molar-refractivity contribution in [1.29, 1.82) is 5.26 Å². The summed E-state index contributed by atoms with van der Waals surface area (Å²) in [6.45, 7) is 6.54. The molecule has 0 radical (unpaired) electrons. The van der Waals surface area contributed by atoms with Gasteiger partial charge in [0.25, 0.3) is 5.56 Å². The first-order valence-electron chi connectivity index (χ1n) is 4.62. The molecule has 0 aliphatic rings. The van der Waals surface area contributed by atoms with Crippen LogP contribution in [0.25, 0.3) is 0 Å². The zero-order valence-electron chi connectivity index (χ0n) is 8.79. The second-order valence-corrected chi connectivity index (χ2v) is 4.32. The summed E-state index contributed by atoms with van der Waals surface area (Å²) in [4.78, 5) is 11.4. The molecule has 1 heterocycles. The molecule has 0 saturated heterocycles. The molecule has 0 aliphatic carbocycles. The van der Waals surface area contributed by atoms with Crippen molar-refractivity contribution in [3.05, 3.63) is 22.1 Å². The molecular weight excluding hydrogens is 178 g/mol. The minimum atomic E-state index is -0.0647. The summed E-state index contributed by atoms with van der Waals surface area (Å²) in [6.07, 6.45) is 0.351. The Kier molecular flexibility index (Phi) is 2.80. The van der Waals surface area contributed by atoms with E-state index in [9.17, 15) is 4.79 Å². The molecule has 0 atom stereocenters. The molecular formula is C10H15N3O. The summed E-state index contributed by atoms with van der Waals surface area (Å²) in [5.74, 6) is 0. The predicted molar refractivity (Wildman–Crippen MR) is 54.0 cm³/mol. The van der Waals surface area contributed by atoms with Gasteiger partial charge in [-0.3, -0.25) is 14.6 Å². The fourth-order valence-electron chi connectivity index (χ4n) is 1.15. The number of aromatic amines is 1. The molecule has 0 spiro atoms. The minimum absolute atomic E-state index is 0.0585. The Morgan fingerprint density at radius 2 is 2.21 bits per heavy atom. The maximum atomic E-state index is 11.4. The molecule has 4 nitrogen and oxygen atoms in total. The minimum Gasteiger partial charge on any atom is -0.299 e. The number of nitrogens with one attached hydrogen (secondary N) is 1. The third-order valence-electron chi connectivity index (χ3n) is 2.04. The maximum absolute atomic E-state index is 11.4. The van der Waals surface area contributed by atoms with E-state index in [-0.39, 0.29) is 11.0 Å². The van der Waals surface area contributed by atoms with Crippen molar-refractivity contribution in [1.82, 2.24) is 9.78 Å². The standard InChI is InChI=1S/C10H15N3O/c1-10(2,3)8-7-9(14)13(12-8)6-4-5-11/h7,12H,4,6H2,1-3H3. The van der Waals surface area contributed by atoms with Gasteiger partial charge in [-0.15, -0.1) is 0 Å². The number of hydrogen-bond donors (Lipinski definition) is 1. The van der Waals surface area contributed by atoms with E-state index in [1.54, 1.807) is 6.07 Å². The molecule has 0 fully saturated rings. The van der Waals surface area contributed by atoms with E-state index in [0.717, 1.165) is 5.69 Å². The second kappa shape index (κ2) is 3.70. The van der Waals surface area contributed by atoms with E-state index in [0.29, 0.717) is 13.0 Å². The molecule has 0 bridgehead atoms. The Balaban J connectivity index is 2.95. The maximum Gasteiger partial charge on any atom is 0.266 e. The third-order valence-corrected chi connectivity index (χ3v) is 2.04. The molecule has 0 amide bonds. The Hall–Kier alpha value is -1.50. The van der Waals surface area contributed by atoms with E-state index >= 15 is 0 Å². The lowest BCUT2D eigenvalue weighted by molar-refractivity contribution is 0.531. The van der Waals surface area contributed by atoms with Crippen LogP contribution >= 0.6 is 0 Å². The fraction of sp³-hybridized carbons (Fsp3) is 0.600. The molecule has 0 saturated carbocycles. The van der Waals surface area contributed by atoms with Crippen LogP contribution in [0, 0.1) is 11.3 Å². The van der Waals surface area contributed by atoms with E-state index in [1.807, 2.05) is 26.8 Å². The van der Waals surface area contributed by atoms with Crippen molar-refractivity contribution in [2.24, 2.45) is 0 Å². The van der Waals surface area contributed by atoms with Crippen LogP contribution in [0.1, 0.15) is 32.9 Å². The van der Waals surface area contributed by atoms with Crippen molar-refractivity contribution in [3.8, 4) is 6.07 Å². The van der Waals surface area contributed by atoms with E-state index < -0.39 is 0 Å².